The number of fused-ring (bicyclic) bond motifs is 6. The highest BCUT2D eigenvalue weighted by Gasteiger charge is 2.23. The first kappa shape index (κ1) is 17.9. The first-order valence-corrected chi connectivity index (χ1v) is 12.7. The fourth-order valence-electron chi connectivity index (χ4n) is 4.44. The van der Waals surface area contributed by atoms with Crippen LogP contribution in [0.15, 0.2) is 52.9 Å². The molecule has 4 heterocycles. The molecule has 0 unspecified atom stereocenters. The average molecular weight is 432 g/mol. The van der Waals surface area contributed by atoms with Crippen molar-refractivity contribution in [2.75, 3.05) is 5.75 Å². The quantitative estimate of drug-likeness (QED) is 0.265. The summed E-state index contributed by atoms with van der Waals surface area (Å²) in [5.74, 6) is 1.19. The normalized spacial score (nSPS) is 14.3. The van der Waals surface area contributed by atoms with E-state index in [0.29, 0.717) is 0 Å². The minimum absolute atomic E-state index is 0.0980. The standard InChI is InChI=1S/C25H21NS3/c1-25(2,3)17-13-16(12-15-8-11-27-23(15)17)22-20-19(6-9-26-22)29-18-5-4-14-7-10-28-24(14)21(18)20/h4-6,8-9,11-13H,7,10H2,1-3H3. The van der Waals surface area contributed by atoms with Crippen molar-refractivity contribution in [3.05, 3.63) is 59.1 Å². The highest BCUT2D eigenvalue weighted by Crippen LogP contribution is 2.47. The minimum atomic E-state index is 0.0980. The highest BCUT2D eigenvalue weighted by molar-refractivity contribution is 7.99. The molecule has 0 bridgehead atoms. The molecule has 0 radical (unpaired) electrons. The number of hydrogen-bond acceptors (Lipinski definition) is 4. The van der Waals surface area contributed by atoms with Crippen LogP contribution < -0.4 is 0 Å². The van der Waals surface area contributed by atoms with Gasteiger partial charge in [-0.15, -0.1) is 34.4 Å². The van der Waals surface area contributed by atoms with E-state index < -0.39 is 0 Å². The number of thiophene rings is 2. The van der Waals surface area contributed by atoms with E-state index in [1.165, 1.54) is 64.0 Å². The molecule has 0 atom stereocenters. The van der Waals surface area contributed by atoms with E-state index in [1.807, 2.05) is 40.6 Å². The van der Waals surface area contributed by atoms with Gasteiger partial charge < -0.3 is 0 Å². The van der Waals surface area contributed by atoms with Crippen LogP contribution in [0.25, 0.3) is 41.5 Å². The van der Waals surface area contributed by atoms with Crippen LogP contribution in [0.1, 0.15) is 31.9 Å². The van der Waals surface area contributed by atoms with Crippen molar-refractivity contribution in [1.82, 2.24) is 4.98 Å². The molecule has 0 N–H and O–H groups in total. The molecule has 1 nitrogen and oxygen atoms in total. The molecule has 1 aliphatic heterocycles. The average Bonchev–Trinajstić information content (AvgIpc) is 3.41. The topological polar surface area (TPSA) is 12.9 Å². The molecule has 144 valence electrons. The van der Waals surface area contributed by atoms with Gasteiger partial charge in [0.2, 0.25) is 0 Å². The zero-order valence-corrected chi connectivity index (χ0v) is 19.2. The molecule has 4 heteroatoms. The van der Waals surface area contributed by atoms with Crippen molar-refractivity contribution >= 4 is 64.7 Å². The molecular weight excluding hydrogens is 410 g/mol. The summed E-state index contributed by atoms with van der Waals surface area (Å²) < 4.78 is 4.13. The predicted molar refractivity (Wildman–Crippen MR) is 131 cm³/mol. The Morgan fingerprint density at radius 1 is 0.966 bits per heavy atom. The van der Waals surface area contributed by atoms with Gasteiger partial charge in [0.15, 0.2) is 0 Å². The number of nitrogens with zero attached hydrogens (tertiary/aromatic N) is 1. The van der Waals surface area contributed by atoms with Gasteiger partial charge in [0, 0.05) is 47.3 Å². The van der Waals surface area contributed by atoms with E-state index in [0.717, 1.165) is 5.69 Å². The minimum Gasteiger partial charge on any atom is -0.256 e. The van der Waals surface area contributed by atoms with Crippen molar-refractivity contribution in [3.8, 4) is 11.3 Å². The summed E-state index contributed by atoms with van der Waals surface area (Å²) in [5, 5.41) is 6.31. The van der Waals surface area contributed by atoms with Crippen LogP contribution in [0.2, 0.25) is 0 Å². The van der Waals surface area contributed by atoms with Crippen LogP contribution >= 0.6 is 34.4 Å². The van der Waals surface area contributed by atoms with Crippen LogP contribution in [0, 0.1) is 0 Å². The molecular formula is C25H21NS3. The van der Waals surface area contributed by atoms with E-state index in [4.69, 9.17) is 4.98 Å². The molecule has 1 aliphatic rings. The van der Waals surface area contributed by atoms with Crippen molar-refractivity contribution in [2.24, 2.45) is 0 Å². The van der Waals surface area contributed by atoms with E-state index in [9.17, 15) is 0 Å². The summed E-state index contributed by atoms with van der Waals surface area (Å²) in [6, 6.07) is 13.8. The largest absolute Gasteiger partial charge is 0.256 e. The lowest BCUT2D eigenvalue weighted by atomic mass is 9.85. The van der Waals surface area contributed by atoms with Crippen molar-refractivity contribution in [1.29, 1.82) is 0 Å². The van der Waals surface area contributed by atoms with Crippen molar-refractivity contribution < 1.29 is 0 Å². The summed E-state index contributed by atoms with van der Waals surface area (Å²) in [4.78, 5) is 6.42. The van der Waals surface area contributed by atoms with Crippen molar-refractivity contribution in [2.45, 2.75) is 37.5 Å². The highest BCUT2D eigenvalue weighted by atomic mass is 32.2. The van der Waals surface area contributed by atoms with Gasteiger partial charge in [0.05, 0.1) is 5.69 Å². The molecule has 0 fully saturated rings. The van der Waals surface area contributed by atoms with Crippen LogP contribution in [0.3, 0.4) is 0 Å². The molecule has 0 aliphatic carbocycles. The summed E-state index contributed by atoms with van der Waals surface area (Å²) in [6.07, 6.45) is 3.16. The number of rotatable bonds is 1. The predicted octanol–water partition coefficient (Wildman–Crippen LogP) is 8.28. The number of hydrogen-bond donors (Lipinski definition) is 0. The van der Waals surface area contributed by atoms with Crippen molar-refractivity contribution in [3.63, 3.8) is 0 Å². The molecule has 3 aromatic heterocycles. The van der Waals surface area contributed by atoms with E-state index >= 15 is 0 Å². The van der Waals surface area contributed by atoms with E-state index in [-0.39, 0.29) is 5.41 Å². The number of aryl methyl sites for hydroxylation is 1. The van der Waals surface area contributed by atoms with Gasteiger partial charge in [-0.05, 0) is 64.1 Å². The van der Waals surface area contributed by atoms with Crippen LogP contribution in [-0.4, -0.2) is 10.7 Å². The number of aromatic nitrogens is 1. The van der Waals surface area contributed by atoms with Crippen LogP contribution in [0.4, 0.5) is 0 Å². The fraction of sp³-hybridized carbons (Fsp3) is 0.240. The maximum atomic E-state index is 4.94. The molecule has 2 aromatic carbocycles. The molecule has 29 heavy (non-hydrogen) atoms. The first-order chi connectivity index (χ1) is 14.0. The smallest absolute Gasteiger partial charge is 0.0795 e. The third-order valence-corrected chi connectivity index (χ3v) is 9.08. The monoisotopic (exact) mass is 431 g/mol. The zero-order chi connectivity index (χ0) is 19.8. The summed E-state index contributed by atoms with van der Waals surface area (Å²) in [5.41, 5.74) is 5.39. The van der Waals surface area contributed by atoms with Gasteiger partial charge in [-0.2, -0.15) is 0 Å². The third kappa shape index (κ3) is 2.69. The summed E-state index contributed by atoms with van der Waals surface area (Å²) >= 11 is 5.76. The Balaban J connectivity index is 1.73. The van der Waals surface area contributed by atoms with E-state index in [1.54, 1.807) is 0 Å². The molecule has 0 saturated carbocycles. The molecule has 5 aromatic rings. The second-order valence-corrected chi connectivity index (χ2v) is 11.9. The Hall–Kier alpha value is -1.88. The summed E-state index contributed by atoms with van der Waals surface area (Å²) in [7, 11) is 0. The number of pyridine rings is 1. The molecule has 0 amide bonds. The SMILES string of the molecule is CC(C)(C)c1cc(-c2nccc3sc4ccc5c(c4c23)SCC5)cc2ccsc12. The number of thioether (sulfide) groups is 1. The van der Waals surface area contributed by atoms with Gasteiger partial charge in [0.25, 0.3) is 0 Å². The van der Waals surface area contributed by atoms with Gasteiger partial charge in [0.1, 0.15) is 0 Å². The second-order valence-electron chi connectivity index (χ2n) is 8.77. The summed E-state index contributed by atoms with van der Waals surface area (Å²) in [6.45, 7) is 6.92. The Morgan fingerprint density at radius 3 is 2.69 bits per heavy atom. The Kier molecular flexibility index (Phi) is 3.90. The van der Waals surface area contributed by atoms with Gasteiger partial charge in [-0.3, -0.25) is 4.98 Å². The molecule has 0 saturated heterocycles. The van der Waals surface area contributed by atoms with Crippen LogP contribution in [-0.2, 0) is 11.8 Å². The lowest BCUT2D eigenvalue weighted by molar-refractivity contribution is 0.597. The maximum absolute atomic E-state index is 4.94. The van der Waals surface area contributed by atoms with Crippen LogP contribution in [0.5, 0.6) is 0 Å². The Labute approximate surface area is 182 Å². The Morgan fingerprint density at radius 2 is 1.83 bits per heavy atom. The number of benzene rings is 2. The lowest BCUT2D eigenvalue weighted by Crippen LogP contribution is -2.11. The maximum Gasteiger partial charge on any atom is 0.0795 e. The molecule has 0 spiro atoms. The fourth-order valence-corrected chi connectivity index (χ4v) is 7.96. The van der Waals surface area contributed by atoms with Gasteiger partial charge in [-0.1, -0.05) is 26.8 Å². The van der Waals surface area contributed by atoms with E-state index in [2.05, 4.69) is 62.5 Å². The van der Waals surface area contributed by atoms with Gasteiger partial charge in [-0.25, -0.2) is 0 Å². The lowest BCUT2D eigenvalue weighted by Gasteiger charge is -2.21. The Bertz CT molecular complexity index is 1420. The first-order valence-electron chi connectivity index (χ1n) is 9.99. The zero-order valence-electron chi connectivity index (χ0n) is 16.7. The van der Waals surface area contributed by atoms with Gasteiger partial charge >= 0.3 is 0 Å². The third-order valence-electron chi connectivity index (χ3n) is 5.83. The molecule has 6 rings (SSSR count). The second kappa shape index (κ2) is 6.31.